The van der Waals surface area contributed by atoms with Crippen LogP contribution in [0.2, 0.25) is 0 Å². The molecule has 13 heavy (non-hydrogen) atoms. The van der Waals surface area contributed by atoms with Gasteiger partial charge in [0.2, 0.25) is 0 Å². The van der Waals surface area contributed by atoms with Crippen molar-refractivity contribution in [2.45, 2.75) is 19.4 Å². The van der Waals surface area contributed by atoms with Gasteiger partial charge >= 0.3 is 0 Å². The third-order valence-electron chi connectivity index (χ3n) is 1.60. The van der Waals surface area contributed by atoms with E-state index >= 15 is 0 Å². The molecule has 0 aliphatic carbocycles. The maximum atomic E-state index is 12.8. The van der Waals surface area contributed by atoms with Gasteiger partial charge in [-0.15, -0.1) is 0 Å². The summed E-state index contributed by atoms with van der Waals surface area (Å²) in [6.45, 7) is 1.81. The van der Waals surface area contributed by atoms with Crippen LogP contribution in [-0.2, 0) is 6.42 Å². The minimum atomic E-state index is -0.853. The Hall–Kier alpha value is -0.480. The SMILES string of the molecule is CC(N)Cc1cc(F)c(F)c(Br)c1. The van der Waals surface area contributed by atoms with E-state index in [4.69, 9.17) is 5.73 Å². The summed E-state index contributed by atoms with van der Waals surface area (Å²) in [6.07, 6.45) is 0.537. The summed E-state index contributed by atoms with van der Waals surface area (Å²) in [5, 5.41) is 0. The molecule has 0 saturated carbocycles. The van der Waals surface area contributed by atoms with Crippen molar-refractivity contribution in [3.8, 4) is 0 Å². The average Bonchev–Trinajstić information content (AvgIpc) is 1.98. The number of hydrogen-bond acceptors (Lipinski definition) is 1. The fourth-order valence-corrected chi connectivity index (χ4v) is 1.58. The summed E-state index contributed by atoms with van der Waals surface area (Å²) in [5.74, 6) is -1.70. The molecule has 0 fully saturated rings. The topological polar surface area (TPSA) is 26.0 Å². The van der Waals surface area contributed by atoms with Crippen molar-refractivity contribution in [3.63, 3.8) is 0 Å². The van der Waals surface area contributed by atoms with Crippen LogP contribution in [0.25, 0.3) is 0 Å². The maximum Gasteiger partial charge on any atom is 0.172 e. The van der Waals surface area contributed by atoms with Crippen LogP contribution in [0.1, 0.15) is 12.5 Å². The van der Waals surface area contributed by atoms with E-state index in [2.05, 4.69) is 15.9 Å². The smallest absolute Gasteiger partial charge is 0.172 e. The molecule has 1 aromatic carbocycles. The highest BCUT2D eigenvalue weighted by atomic mass is 79.9. The first kappa shape index (κ1) is 10.6. The third kappa shape index (κ3) is 2.74. The zero-order chi connectivity index (χ0) is 10.0. The van der Waals surface area contributed by atoms with Gasteiger partial charge in [-0.3, -0.25) is 0 Å². The Morgan fingerprint density at radius 2 is 2.08 bits per heavy atom. The normalized spacial score (nSPS) is 13.0. The minimum absolute atomic E-state index is 0.0586. The predicted octanol–water partition coefficient (Wildman–Crippen LogP) is 2.62. The highest BCUT2D eigenvalue weighted by Gasteiger charge is 2.09. The number of nitrogens with two attached hydrogens (primary N) is 1. The molecule has 0 heterocycles. The Kier molecular flexibility index (Phi) is 3.39. The lowest BCUT2D eigenvalue weighted by Crippen LogP contribution is -2.17. The molecule has 0 aliphatic heterocycles. The molecule has 0 aromatic heterocycles. The van der Waals surface area contributed by atoms with Gasteiger partial charge in [-0.1, -0.05) is 0 Å². The molecule has 1 unspecified atom stereocenters. The van der Waals surface area contributed by atoms with Gasteiger partial charge in [-0.2, -0.15) is 0 Å². The van der Waals surface area contributed by atoms with E-state index in [0.717, 1.165) is 0 Å². The van der Waals surface area contributed by atoms with Gasteiger partial charge in [0.05, 0.1) is 4.47 Å². The number of hydrogen-bond donors (Lipinski definition) is 1. The summed E-state index contributed by atoms with van der Waals surface area (Å²) in [6, 6.07) is 2.65. The number of halogens is 3. The lowest BCUT2D eigenvalue weighted by molar-refractivity contribution is 0.502. The van der Waals surface area contributed by atoms with Crippen LogP contribution >= 0.6 is 15.9 Å². The number of benzene rings is 1. The van der Waals surface area contributed by atoms with Crippen molar-refractivity contribution in [2.75, 3.05) is 0 Å². The van der Waals surface area contributed by atoms with E-state index in [0.29, 0.717) is 12.0 Å². The lowest BCUT2D eigenvalue weighted by Gasteiger charge is -2.06. The predicted molar refractivity (Wildman–Crippen MR) is 51.4 cm³/mol. The molecule has 1 aromatic rings. The largest absolute Gasteiger partial charge is 0.328 e. The zero-order valence-corrected chi connectivity index (χ0v) is 8.74. The minimum Gasteiger partial charge on any atom is -0.328 e. The van der Waals surface area contributed by atoms with Gasteiger partial charge < -0.3 is 5.73 Å². The molecule has 0 radical (unpaired) electrons. The third-order valence-corrected chi connectivity index (χ3v) is 2.18. The molecule has 72 valence electrons. The molecule has 0 saturated heterocycles. The van der Waals surface area contributed by atoms with Gasteiger partial charge in [0, 0.05) is 6.04 Å². The van der Waals surface area contributed by atoms with Crippen LogP contribution in [0.5, 0.6) is 0 Å². The molecule has 0 bridgehead atoms. The van der Waals surface area contributed by atoms with Crippen LogP contribution in [0.3, 0.4) is 0 Å². The van der Waals surface area contributed by atoms with Crippen LogP contribution in [0, 0.1) is 11.6 Å². The van der Waals surface area contributed by atoms with Crippen LogP contribution < -0.4 is 5.73 Å². The fourth-order valence-electron chi connectivity index (χ4n) is 1.10. The molecule has 1 nitrogen and oxygen atoms in total. The van der Waals surface area contributed by atoms with Crippen molar-refractivity contribution >= 4 is 15.9 Å². The van der Waals surface area contributed by atoms with Gasteiger partial charge in [0.25, 0.3) is 0 Å². The second-order valence-electron chi connectivity index (χ2n) is 3.05. The summed E-state index contributed by atoms with van der Waals surface area (Å²) >= 11 is 2.93. The zero-order valence-electron chi connectivity index (χ0n) is 7.15. The van der Waals surface area contributed by atoms with E-state index in [-0.39, 0.29) is 10.5 Å². The van der Waals surface area contributed by atoms with E-state index in [1.54, 1.807) is 6.07 Å². The monoisotopic (exact) mass is 249 g/mol. The van der Waals surface area contributed by atoms with Crippen LogP contribution in [-0.4, -0.2) is 6.04 Å². The van der Waals surface area contributed by atoms with Crippen LogP contribution in [0.15, 0.2) is 16.6 Å². The molecule has 1 rings (SSSR count). The van der Waals surface area contributed by atoms with E-state index < -0.39 is 11.6 Å². The van der Waals surface area contributed by atoms with Crippen molar-refractivity contribution in [3.05, 3.63) is 33.8 Å². The molecule has 1 atom stereocenters. The maximum absolute atomic E-state index is 12.8. The standard InChI is InChI=1S/C9H10BrF2N/c1-5(13)2-6-3-7(10)9(12)8(11)4-6/h3-5H,2,13H2,1H3. The molecule has 2 N–H and O–H groups in total. The van der Waals surface area contributed by atoms with Gasteiger partial charge in [0.1, 0.15) is 0 Å². The van der Waals surface area contributed by atoms with E-state index in [1.165, 1.54) is 6.07 Å². The molecular weight excluding hydrogens is 240 g/mol. The highest BCUT2D eigenvalue weighted by molar-refractivity contribution is 9.10. The Morgan fingerprint density at radius 3 is 2.54 bits per heavy atom. The van der Waals surface area contributed by atoms with Crippen molar-refractivity contribution in [1.29, 1.82) is 0 Å². The first-order valence-electron chi connectivity index (χ1n) is 3.89. The average molecular weight is 250 g/mol. The summed E-state index contributed by atoms with van der Waals surface area (Å²) in [4.78, 5) is 0. The lowest BCUT2D eigenvalue weighted by atomic mass is 10.1. The van der Waals surface area contributed by atoms with Gasteiger partial charge in [0.15, 0.2) is 11.6 Å². The molecule has 0 spiro atoms. The fraction of sp³-hybridized carbons (Fsp3) is 0.333. The molecule has 0 aliphatic rings. The molecule has 4 heteroatoms. The summed E-state index contributed by atoms with van der Waals surface area (Å²) in [7, 11) is 0. The number of rotatable bonds is 2. The Labute approximate surface area is 84.1 Å². The van der Waals surface area contributed by atoms with Crippen LogP contribution in [0.4, 0.5) is 8.78 Å². The van der Waals surface area contributed by atoms with Crippen molar-refractivity contribution < 1.29 is 8.78 Å². The summed E-state index contributed by atoms with van der Waals surface area (Å²) in [5.41, 5.74) is 6.23. The second kappa shape index (κ2) is 4.15. The molecular formula is C9H10BrF2N. The van der Waals surface area contributed by atoms with Gasteiger partial charge in [-0.05, 0) is 47.0 Å². The Balaban J connectivity index is 2.99. The van der Waals surface area contributed by atoms with Gasteiger partial charge in [-0.25, -0.2) is 8.78 Å². The highest BCUT2D eigenvalue weighted by Crippen LogP contribution is 2.20. The Bertz CT molecular complexity index is 289. The second-order valence-corrected chi connectivity index (χ2v) is 3.91. The molecule has 0 amide bonds. The first-order valence-corrected chi connectivity index (χ1v) is 4.69. The van der Waals surface area contributed by atoms with E-state index in [1.807, 2.05) is 6.92 Å². The van der Waals surface area contributed by atoms with Crippen molar-refractivity contribution in [1.82, 2.24) is 0 Å². The van der Waals surface area contributed by atoms with Crippen molar-refractivity contribution in [2.24, 2.45) is 5.73 Å². The first-order chi connectivity index (χ1) is 6.00. The Morgan fingerprint density at radius 1 is 1.46 bits per heavy atom. The quantitative estimate of drug-likeness (QED) is 0.802. The summed E-state index contributed by atoms with van der Waals surface area (Å²) < 4.78 is 25.8. The van der Waals surface area contributed by atoms with E-state index in [9.17, 15) is 8.78 Å².